The largest absolute Gasteiger partial charge is 0.389 e. The van der Waals surface area contributed by atoms with Crippen LogP contribution in [0.3, 0.4) is 0 Å². The minimum atomic E-state index is -0.432. The van der Waals surface area contributed by atoms with E-state index in [1.165, 1.54) is 0 Å². The number of hydrogen-bond donors (Lipinski definition) is 2. The molecule has 1 aliphatic rings. The number of nitrogens with zero attached hydrogens (tertiary/aromatic N) is 2. The van der Waals surface area contributed by atoms with Crippen LogP contribution in [-0.2, 0) is 17.3 Å². The van der Waals surface area contributed by atoms with Crippen LogP contribution in [-0.4, -0.2) is 20.7 Å². The smallest absolute Gasteiger partial charge is 0.236 e. The number of hydrogen-bond acceptors (Lipinski definition) is 3. The molecule has 0 saturated heterocycles. The van der Waals surface area contributed by atoms with Crippen molar-refractivity contribution in [1.82, 2.24) is 9.78 Å². The zero-order valence-corrected chi connectivity index (χ0v) is 12.5. The number of rotatable bonds is 4. The molecule has 1 fully saturated rings. The number of carbonyl (C=O) groups excluding carboxylic acids is 1. The Balaban J connectivity index is 1.88. The first-order valence-corrected chi connectivity index (χ1v) is 7.14. The molecule has 21 heavy (non-hydrogen) atoms. The zero-order valence-electron chi connectivity index (χ0n) is 11.7. The lowest BCUT2D eigenvalue weighted by Gasteiger charge is -2.16. The third-order valence-electron chi connectivity index (χ3n) is 3.95. The highest BCUT2D eigenvalue weighted by Crippen LogP contribution is 2.49. The summed E-state index contributed by atoms with van der Waals surface area (Å²) in [6.45, 7) is 0. The second-order valence-electron chi connectivity index (χ2n) is 5.30. The number of thiocarbonyl (C=S) groups is 1. The molecule has 0 bridgehead atoms. The lowest BCUT2D eigenvalue weighted by molar-refractivity contribution is -0.118. The van der Waals surface area contributed by atoms with Crippen LogP contribution in [0.1, 0.15) is 24.0 Å². The normalized spacial score (nSPS) is 15.5. The van der Waals surface area contributed by atoms with Gasteiger partial charge < -0.3 is 11.1 Å². The van der Waals surface area contributed by atoms with Crippen LogP contribution in [0, 0.1) is 0 Å². The molecule has 1 saturated carbocycles. The van der Waals surface area contributed by atoms with Gasteiger partial charge in [0.2, 0.25) is 5.91 Å². The number of nitrogens with two attached hydrogens (primary N) is 1. The molecule has 0 spiro atoms. The molecule has 6 heteroatoms. The summed E-state index contributed by atoms with van der Waals surface area (Å²) < 4.78 is 1.58. The summed E-state index contributed by atoms with van der Waals surface area (Å²) in [4.78, 5) is 12.9. The monoisotopic (exact) mass is 300 g/mol. The number of carbonyl (C=O) groups is 1. The first-order valence-electron chi connectivity index (χ1n) is 6.73. The van der Waals surface area contributed by atoms with Gasteiger partial charge in [0.1, 0.15) is 10.8 Å². The maximum Gasteiger partial charge on any atom is 0.236 e. The molecule has 1 aliphatic carbocycles. The SMILES string of the molecule is Cn1ncc(C(N)=S)c1NC(=O)C1(c2ccccc2)CC1. The van der Waals surface area contributed by atoms with Crippen molar-refractivity contribution >= 4 is 28.9 Å². The fourth-order valence-electron chi connectivity index (χ4n) is 2.52. The minimum absolute atomic E-state index is 0.0326. The molecule has 108 valence electrons. The maximum absolute atomic E-state index is 12.7. The van der Waals surface area contributed by atoms with Crippen LogP contribution in [0.4, 0.5) is 5.82 Å². The van der Waals surface area contributed by atoms with Crippen LogP contribution in [0.15, 0.2) is 36.5 Å². The summed E-state index contributed by atoms with van der Waals surface area (Å²) >= 11 is 4.99. The molecule has 0 atom stereocenters. The van der Waals surface area contributed by atoms with Gasteiger partial charge in [-0.15, -0.1) is 0 Å². The van der Waals surface area contributed by atoms with E-state index >= 15 is 0 Å². The average molecular weight is 300 g/mol. The van der Waals surface area contributed by atoms with Gasteiger partial charge in [-0.05, 0) is 18.4 Å². The fraction of sp³-hybridized carbons (Fsp3) is 0.267. The zero-order chi connectivity index (χ0) is 15.0. The van der Waals surface area contributed by atoms with Crippen molar-refractivity contribution in [2.24, 2.45) is 12.8 Å². The van der Waals surface area contributed by atoms with Gasteiger partial charge in [-0.25, -0.2) is 0 Å². The third kappa shape index (κ3) is 2.31. The number of anilines is 1. The van der Waals surface area contributed by atoms with E-state index in [0.29, 0.717) is 11.4 Å². The maximum atomic E-state index is 12.7. The fourth-order valence-corrected chi connectivity index (χ4v) is 2.67. The minimum Gasteiger partial charge on any atom is -0.389 e. The van der Waals surface area contributed by atoms with Crippen molar-refractivity contribution < 1.29 is 4.79 Å². The highest BCUT2D eigenvalue weighted by atomic mass is 32.1. The number of aryl methyl sites for hydroxylation is 1. The van der Waals surface area contributed by atoms with Crippen LogP contribution >= 0.6 is 12.2 Å². The Morgan fingerprint density at radius 3 is 2.62 bits per heavy atom. The summed E-state index contributed by atoms with van der Waals surface area (Å²) in [5.41, 5.74) is 6.87. The van der Waals surface area contributed by atoms with E-state index in [0.717, 1.165) is 18.4 Å². The summed E-state index contributed by atoms with van der Waals surface area (Å²) in [6.07, 6.45) is 3.27. The van der Waals surface area contributed by atoms with Crippen molar-refractivity contribution in [2.45, 2.75) is 18.3 Å². The summed E-state index contributed by atoms with van der Waals surface area (Å²) in [5.74, 6) is 0.518. The topological polar surface area (TPSA) is 72.9 Å². The van der Waals surface area contributed by atoms with E-state index in [-0.39, 0.29) is 10.9 Å². The predicted octanol–water partition coefficient (Wildman–Crippen LogP) is 1.72. The van der Waals surface area contributed by atoms with Gasteiger partial charge in [0, 0.05) is 7.05 Å². The molecule has 5 nitrogen and oxygen atoms in total. The van der Waals surface area contributed by atoms with Gasteiger partial charge in [0.05, 0.1) is 17.2 Å². The molecule has 1 amide bonds. The Morgan fingerprint density at radius 2 is 2.05 bits per heavy atom. The van der Waals surface area contributed by atoms with Crippen molar-refractivity contribution in [2.75, 3.05) is 5.32 Å². The molecule has 0 radical (unpaired) electrons. The van der Waals surface area contributed by atoms with Crippen LogP contribution in [0.2, 0.25) is 0 Å². The van der Waals surface area contributed by atoms with E-state index in [1.807, 2.05) is 30.3 Å². The summed E-state index contributed by atoms with van der Waals surface area (Å²) in [5, 5.41) is 7.04. The predicted molar refractivity (Wildman–Crippen MR) is 85.1 cm³/mol. The van der Waals surface area contributed by atoms with Crippen LogP contribution < -0.4 is 11.1 Å². The Bertz CT molecular complexity index is 704. The summed E-state index contributed by atoms with van der Waals surface area (Å²) in [7, 11) is 1.75. The average Bonchev–Trinajstić information content (AvgIpc) is 3.21. The van der Waals surface area contributed by atoms with Gasteiger partial charge in [0.15, 0.2) is 0 Å². The molecule has 2 aromatic rings. The molecule has 1 heterocycles. The Morgan fingerprint density at radius 1 is 1.38 bits per heavy atom. The van der Waals surface area contributed by atoms with E-state index in [2.05, 4.69) is 10.4 Å². The number of nitrogens with one attached hydrogen (secondary N) is 1. The number of benzene rings is 1. The van der Waals surface area contributed by atoms with Crippen LogP contribution in [0.25, 0.3) is 0 Å². The molecule has 1 aromatic carbocycles. The quantitative estimate of drug-likeness (QED) is 0.843. The first-order chi connectivity index (χ1) is 10.0. The lowest BCUT2D eigenvalue weighted by Crippen LogP contribution is -2.29. The lowest BCUT2D eigenvalue weighted by atomic mass is 9.95. The first kappa shape index (κ1) is 13.8. The molecular formula is C15H16N4OS. The van der Waals surface area contributed by atoms with Crippen molar-refractivity contribution in [3.8, 4) is 0 Å². The highest BCUT2D eigenvalue weighted by molar-refractivity contribution is 7.80. The Hall–Kier alpha value is -2.21. The number of aromatic nitrogens is 2. The van der Waals surface area contributed by atoms with Gasteiger partial charge in [-0.2, -0.15) is 5.10 Å². The van der Waals surface area contributed by atoms with E-state index in [4.69, 9.17) is 18.0 Å². The standard InChI is InChI=1S/C15H16N4OS/c1-19-13(11(9-17-19)12(16)21)18-14(20)15(7-8-15)10-5-3-2-4-6-10/h2-6,9H,7-8H2,1H3,(H2,16,21)(H,18,20). The van der Waals surface area contributed by atoms with E-state index in [1.54, 1.807) is 17.9 Å². The second kappa shape index (κ2) is 4.96. The van der Waals surface area contributed by atoms with Gasteiger partial charge in [0.25, 0.3) is 0 Å². The molecule has 0 aliphatic heterocycles. The summed E-state index contributed by atoms with van der Waals surface area (Å²) in [6, 6.07) is 9.83. The number of amides is 1. The second-order valence-corrected chi connectivity index (χ2v) is 5.74. The molecular weight excluding hydrogens is 284 g/mol. The van der Waals surface area contributed by atoms with E-state index < -0.39 is 5.41 Å². The highest BCUT2D eigenvalue weighted by Gasteiger charge is 2.51. The molecule has 3 N–H and O–H groups in total. The molecule has 1 aromatic heterocycles. The Kier molecular flexibility index (Phi) is 3.25. The van der Waals surface area contributed by atoms with E-state index in [9.17, 15) is 4.79 Å². The third-order valence-corrected chi connectivity index (χ3v) is 4.17. The van der Waals surface area contributed by atoms with Crippen molar-refractivity contribution in [1.29, 1.82) is 0 Å². The van der Waals surface area contributed by atoms with Crippen LogP contribution in [0.5, 0.6) is 0 Å². The van der Waals surface area contributed by atoms with Gasteiger partial charge >= 0.3 is 0 Å². The molecule has 0 unspecified atom stereocenters. The molecule has 3 rings (SSSR count). The van der Waals surface area contributed by atoms with Gasteiger partial charge in [-0.3, -0.25) is 9.48 Å². The van der Waals surface area contributed by atoms with Gasteiger partial charge in [-0.1, -0.05) is 42.5 Å². The van der Waals surface area contributed by atoms with Crippen molar-refractivity contribution in [3.05, 3.63) is 47.7 Å². The van der Waals surface area contributed by atoms with Crippen molar-refractivity contribution in [3.63, 3.8) is 0 Å². The Labute approximate surface area is 128 Å².